The molecule has 3 rings (SSSR count). The van der Waals surface area contributed by atoms with Crippen molar-refractivity contribution in [3.63, 3.8) is 0 Å². The summed E-state index contributed by atoms with van der Waals surface area (Å²) in [6.45, 7) is 0. The van der Waals surface area contributed by atoms with Crippen molar-refractivity contribution in [2.75, 3.05) is 11.1 Å². The van der Waals surface area contributed by atoms with Gasteiger partial charge in [0.25, 0.3) is 5.91 Å². The maximum Gasteiger partial charge on any atom is 0.418 e. The van der Waals surface area contributed by atoms with Gasteiger partial charge in [-0.05, 0) is 36.4 Å². The first kappa shape index (κ1) is 16.5. The monoisotopic (exact) mass is 347 g/mol. The molecular formula is C16H12F3N5O. The molecule has 25 heavy (non-hydrogen) atoms. The predicted molar refractivity (Wildman–Crippen MR) is 85.2 cm³/mol. The van der Waals surface area contributed by atoms with Gasteiger partial charge >= 0.3 is 6.18 Å². The van der Waals surface area contributed by atoms with Crippen LogP contribution in [0.4, 0.5) is 24.7 Å². The van der Waals surface area contributed by atoms with E-state index in [0.717, 1.165) is 6.07 Å². The molecule has 3 aromatic rings. The Kier molecular flexibility index (Phi) is 4.14. The SMILES string of the molecule is Nc1cccc(C(=O)Nc2ccc(-n3cccn3)cc2C(F)(F)F)n1. The average molecular weight is 347 g/mol. The van der Waals surface area contributed by atoms with Crippen molar-refractivity contribution >= 4 is 17.4 Å². The molecular weight excluding hydrogens is 335 g/mol. The molecule has 2 aromatic heterocycles. The largest absolute Gasteiger partial charge is 0.418 e. The smallest absolute Gasteiger partial charge is 0.384 e. The number of hydrogen-bond acceptors (Lipinski definition) is 4. The van der Waals surface area contributed by atoms with Crippen LogP contribution in [0.5, 0.6) is 0 Å². The highest BCUT2D eigenvalue weighted by Crippen LogP contribution is 2.36. The van der Waals surface area contributed by atoms with Crippen LogP contribution in [0.3, 0.4) is 0 Å². The Morgan fingerprint density at radius 2 is 1.96 bits per heavy atom. The zero-order valence-corrected chi connectivity index (χ0v) is 12.7. The number of anilines is 2. The van der Waals surface area contributed by atoms with Crippen molar-refractivity contribution in [1.82, 2.24) is 14.8 Å². The molecule has 0 aliphatic rings. The van der Waals surface area contributed by atoms with Gasteiger partial charge in [0.15, 0.2) is 0 Å². The fraction of sp³-hybridized carbons (Fsp3) is 0.0625. The summed E-state index contributed by atoms with van der Waals surface area (Å²) in [4.78, 5) is 15.9. The van der Waals surface area contributed by atoms with Gasteiger partial charge in [-0.3, -0.25) is 4.79 Å². The highest BCUT2D eigenvalue weighted by molar-refractivity contribution is 6.03. The Morgan fingerprint density at radius 3 is 2.60 bits per heavy atom. The summed E-state index contributed by atoms with van der Waals surface area (Å²) in [5, 5.41) is 6.12. The third-order valence-corrected chi connectivity index (χ3v) is 3.33. The second-order valence-electron chi connectivity index (χ2n) is 5.08. The van der Waals surface area contributed by atoms with Gasteiger partial charge in [-0.15, -0.1) is 0 Å². The molecule has 0 unspecified atom stereocenters. The zero-order chi connectivity index (χ0) is 18.0. The van der Waals surface area contributed by atoms with Crippen LogP contribution in [-0.4, -0.2) is 20.7 Å². The van der Waals surface area contributed by atoms with E-state index in [0.29, 0.717) is 0 Å². The number of halogens is 3. The summed E-state index contributed by atoms with van der Waals surface area (Å²) in [6, 6.07) is 9.41. The second kappa shape index (κ2) is 6.27. The molecule has 1 aromatic carbocycles. The van der Waals surface area contributed by atoms with Crippen LogP contribution in [-0.2, 0) is 6.18 Å². The summed E-state index contributed by atoms with van der Waals surface area (Å²) in [7, 11) is 0. The van der Waals surface area contributed by atoms with Gasteiger partial charge in [0, 0.05) is 12.4 Å². The average Bonchev–Trinajstić information content (AvgIpc) is 3.08. The van der Waals surface area contributed by atoms with E-state index in [4.69, 9.17) is 5.73 Å². The van der Waals surface area contributed by atoms with E-state index in [9.17, 15) is 18.0 Å². The summed E-state index contributed by atoms with van der Waals surface area (Å²) in [5.74, 6) is -0.692. The fourth-order valence-corrected chi connectivity index (χ4v) is 2.20. The van der Waals surface area contributed by atoms with Gasteiger partial charge in [0.05, 0.1) is 16.9 Å². The molecule has 0 bridgehead atoms. The lowest BCUT2D eigenvalue weighted by Gasteiger charge is -2.15. The van der Waals surface area contributed by atoms with Crippen LogP contribution in [0.25, 0.3) is 5.69 Å². The quantitative estimate of drug-likeness (QED) is 0.762. The number of rotatable bonds is 3. The number of benzene rings is 1. The minimum absolute atomic E-state index is 0.0794. The van der Waals surface area contributed by atoms with E-state index in [1.54, 1.807) is 6.07 Å². The van der Waals surface area contributed by atoms with E-state index in [1.165, 1.54) is 47.4 Å². The summed E-state index contributed by atoms with van der Waals surface area (Å²) in [6.07, 6.45) is -1.69. The molecule has 0 spiro atoms. The molecule has 0 aliphatic carbocycles. The molecule has 1 amide bonds. The number of carbonyl (C=O) groups excluding carboxylic acids is 1. The van der Waals surface area contributed by atoms with E-state index < -0.39 is 17.6 Å². The summed E-state index contributed by atoms with van der Waals surface area (Å²) in [5.41, 5.74) is 4.26. The number of hydrogen-bond donors (Lipinski definition) is 2. The van der Waals surface area contributed by atoms with Crippen molar-refractivity contribution in [3.8, 4) is 5.69 Å². The van der Waals surface area contributed by atoms with Gasteiger partial charge in [-0.1, -0.05) is 6.07 Å². The van der Waals surface area contributed by atoms with Gasteiger partial charge in [0.1, 0.15) is 11.5 Å². The molecule has 0 fully saturated rings. The Balaban J connectivity index is 1.96. The molecule has 0 saturated heterocycles. The predicted octanol–water partition coefficient (Wildman–Crippen LogP) is 3.12. The topological polar surface area (TPSA) is 85.8 Å². The first-order valence-electron chi connectivity index (χ1n) is 7.10. The van der Waals surface area contributed by atoms with E-state index >= 15 is 0 Å². The lowest BCUT2D eigenvalue weighted by molar-refractivity contribution is -0.136. The Morgan fingerprint density at radius 1 is 1.16 bits per heavy atom. The number of nitrogens with zero attached hydrogens (tertiary/aromatic N) is 3. The van der Waals surface area contributed by atoms with Gasteiger partial charge < -0.3 is 11.1 Å². The molecule has 2 heterocycles. The highest BCUT2D eigenvalue weighted by atomic mass is 19.4. The van der Waals surface area contributed by atoms with Crippen molar-refractivity contribution in [3.05, 3.63) is 66.1 Å². The number of amides is 1. The van der Waals surface area contributed by atoms with Crippen LogP contribution in [0.15, 0.2) is 54.9 Å². The van der Waals surface area contributed by atoms with Gasteiger partial charge in [-0.25, -0.2) is 9.67 Å². The number of nitrogen functional groups attached to an aromatic ring is 1. The second-order valence-corrected chi connectivity index (χ2v) is 5.08. The van der Waals surface area contributed by atoms with Gasteiger partial charge in [0.2, 0.25) is 0 Å². The number of nitrogens with one attached hydrogen (secondary N) is 1. The maximum atomic E-state index is 13.4. The first-order chi connectivity index (χ1) is 11.8. The molecule has 6 nitrogen and oxygen atoms in total. The number of alkyl halides is 3. The molecule has 0 atom stereocenters. The normalized spacial score (nSPS) is 11.3. The van der Waals surface area contributed by atoms with Crippen LogP contribution < -0.4 is 11.1 Å². The summed E-state index contributed by atoms with van der Waals surface area (Å²) >= 11 is 0. The van der Waals surface area contributed by atoms with Crippen molar-refractivity contribution < 1.29 is 18.0 Å². The Hall–Kier alpha value is -3.36. The Labute approximate surface area is 140 Å². The van der Waals surface area contributed by atoms with Crippen LogP contribution in [0, 0.1) is 0 Å². The lowest BCUT2D eigenvalue weighted by atomic mass is 10.1. The van der Waals surface area contributed by atoms with E-state index in [2.05, 4.69) is 15.4 Å². The van der Waals surface area contributed by atoms with Crippen molar-refractivity contribution in [1.29, 1.82) is 0 Å². The van der Waals surface area contributed by atoms with Crippen LogP contribution >= 0.6 is 0 Å². The third-order valence-electron chi connectivity index (χ3n) is 3.33. The van der Waals surface area contributed by atoms with Crippen LogP contribution in [0.1, 0.15) is 16.1 Å². The van der Waals surface area contributed by atoms with Crippen molar-refractivity contribution in [2.45, 2.75) is 6.18 Å². The Bertz CT molecular complexity index is 906. The number of nitrogens with two attached hydrogens (primary N) is 1. The molecule has 128 valence electrons. The number of carbonyl (C=O) groups is 1. The zero-order valence-electron chi connectivity index (χ0n) is 12.7. The summed E-state index contributed by atoms with van der Waals surface area (Å²) < 4.78 is 41.4. The highest BCUT2D eigenvalue weighted by Gasteiger charge is 2.34. The van der Waals surface area contributed by atoms with E-state index in [-0.39, 0.29) is 22.9 Å². The third kappa shape index (κ3) is 3.60. The minimum Gasteiger partial charge on any atom is -0.384 e. The molecule has 0 saturated carbocycles. The molecule has 3 N–H and O–H groups in total. The molecule has 0 radical (unpaired) electrons. The fourth-order valence-electron chi connectivity index (χ4n) is 2.20. The molecule has 9 heteroatoms. The van der Waals surface area contributed by atoms with E-state index in [1.807, 2.05) is 0 Å². The van der Waals surface area contributed by atoms with Crippen LogP contribution in [0.2, 0.25) is 0 Å². The van der Waals surface area contributed by atoms with Gasteiger partial charge in [-0.2, -0.15) is 18.3 Å². The minimum atomic E-state index is -4.66. The number of pyridine rings is 1. The standard InChI is InChI=1S/C16H12F3N5O/c17-16(18,19)11-9-10(24-8-2-7-21-24)5-6-12(11)23-15(25)13-3-1-4-14(20)22-13/h1-9H,(H2,20,22)(H,23,25). The first-order valence-corrected chi connectivity index (χ1v) is 7.10. The molecule has 0 aliphatic heterocycles. The maximum absolute atomic E-state index is 13.4. The van der Waals surface area contributed by atoms with Crippen molar-refractivity contribution in [2.24, 2.45) is 0 Å². The number of aromatic nitrogens is 3. The lowest BCUT2D eigenvalue weighted by Crippen LogP contribution is -2.18.